The molecule has 0 atom stereocenters. The van der Waals surface area contributed by atoms with Gasteiger partial charge in [0.05, 0.1) is 4.88 Å². The molecular formula is C26H27N7OS. The molecule has 0 unspecified atom stereocenters. The van der Waals surface area contributed by atoms with E-state index in [0.717, 1.165) is 53.2 Å². The second-order valence-corrected chi connectivity index (χ2v) is 10.8. The van der Waals surface area contributed by atoms with Crippen molar-refractivity contribution < 1.29 is 4.79 Å². The summed E-state index contributed by atoms with van der Waals surface area (Å²) >= 11 is 1.45. The van der Waals surface area contributed by atoms with Crippen LogP contribution >= 0.6 is 11.3 Å². The van der Waals surface area contributed by atoms with Crippen molar-refractivity contribution in [2.24, 2.45) is 5.41 Å². The standard InChI is InChI=1S/C26H27N7OS/c1-32-8-5-26(6-9-32)15-33(16-26)23-12-18(4-7-28-23)24(34)31-22-11-20-10-17(2-3-19(20)13-29-22)21-14-30-25(27)35-21/h2-4,7,10-14H,5-6,8-9,15-16H2,1H3,(H2,27,30)(H,29,31,34). The molecule has 1 amide bonds. The Morgan fingerprint density at radius 2 is 1.86 bits per heavy atom. The third-order valence-corrected chi connectivity index (χ3v) is 8.08. The van der Waals surface area contributed by atoms with E-state index in [-0.39, 0.29) is 5.91 Å². The van der Waals surface area contributed by atoms with Crippen LogP contribution in [0.1, 0.15) is 23.2 Å². The molecule has 0 saturated carbocycles. The quantitative estimate of drug-likeness (QED) is 0.448. The molecule has 2 aliphatic rings. The minimum atomic E-state index is -0.193. The summed E-state index contributed by atoms with van der Waals surface area (Å²) in [7, 11) is 2.19. The second kappa shape index (κ2) is 8.58. The van der Waals surface area contributed by atoms with Crippen molar-refractivity contribution in [1.29, 1.82) is 0 Å². The number of piperidine rings is 1. The molecule has 1 aromatic carbocycles. The predicted molar refractivity (Wildman–Crippen MR) is 141 cm³/mol. The van der Waals surface area contributed by atoms with Gasteiger partial charge in [-0.05, 0) is 68.2 Å². The highest BCUT2D eigenvalue weighted by molar-refractivity contribution is 7.18. The molecule has 3 N–H and O–H groups in total. The van der Waals surface area contributed by atoms with Crippen LogP contribution in [-0.2, 0) is 0 Å². The zero-order chi connectivity index (χ0) is 24.0. The van der Waals surface area contributed by atoms with Gasteiger partial charge in [-0.3, -0.25) is 4.79 Å². The van der Waals surface area contributed by atoms with E-state index in [1.807, 2.05) is 24.3 Å². The van der Waals surface area contributed by atoms with Crippen LogP contribution in [0, 0.1) is 5.41 Å². The Labute approximate surface area is 207 Å². The number of aromatic nitrogens is 3. The Morgan fingerprint density at radius 3 is 2.63 bits per heavy atom. The van der Waals surface area contributed by atoms with Crippen molar-refractivity contribution in [3.8, 4) is 10.4 Å². The zero-order valence-corrected chi connectivity index (χ0v) is 20.4. The van der Waals surface area contributed by atoms with Crippen molar-refractivity contribution in [1.82, 2.24) is 19.9 Å². The van der Waals surface area contributed by atoms with Crippen LogP contribution in [0.15, 0.2) is 55.0 Å². The van der Waals surface area contributed by atoms with Crippen LogP contribution in [-0.4, -0.2) is 59.0 Å². The summed E-state index contributed by atoms with van der Waals surface area (Å²) in [6.07, 6.45) is 7.72. The number of benzene rings is 1. The number of rotatable bonds is 4. The fraction of sp³-hybridized carbons (Fsp3) is 0.308. The first-order valence-corrected chi connectivity index (χ1v) is 12.6. The maximum atomic E-state index is 13.0. The van der Waals surface area contributed by atoms with E-state index in [1.54, 1.807) is 24.7 Å². The summed E-state index contributed by atoms with van der Waals surface area (Å²) in [5.41, 5.74) is 7.81. The number of pyridine rings is 2. The number of carbonyl (C=O) groups is 1. The molecule has 1 spiro atoms. The number of amides is 1. The Balaban J connectivity index is 1.17. The molecule has 0 bridgehead atoms. The monoisotopic (exact) mass is 485 g/mol. The predicted octanol–water partition coefficient (Wildman–Crippen LogP) is 4.12. The summed E-state index contributed by atoms with van der Waals surface area (Å²) in [5, 5.41) is 5.47. The fourth-order valence-electron chi connectivity index (χ4n) is 5.04. The Hall–Kier alpha value is -3.56. The highest BCUT2D eigenvalue weighted by Gasteiger charge is 2.44. The van der Waals surface area contributed by atoms with E-state index in [4.69, 9.17) is 5.73 Å². The molecule has 0 radical (unpaired) electrons. The highest BCUT2D eigenvalue weighted by atomic mass is 32.1. The fourth-order valence-corrected chi connectivity index (χ4v) is 5.72. The molecule has 9 heteroatoms. The first-order chi connectivity index (χ1) is 17.0. The van der Waals surface area contributed by atoms with Crippen LogP contribution in [0.5, 0.6) is 0 Å². The lowest BCUT2D eigenvalue weighted by Gasteiger charge is -2.54. The molecule has 6 rings (SSSR count). The van der Waals surface area contributed by atoms with Crippen LogP contribution in [0.2, 0.25) is 0 Å². The average molecular weight is 486 g/mol. The Bertz CT molecular complexity index is 1400. The lowest BCUT2D eigenvalue weighted by molar-refractivity contribution is 0.0900. The number of likely N-dealkylation sites (tertiary alicyclic amines) is 1. The molecule has 2 aliphatic heterocycles. The molecule has 0 aliphatic carbocycles. The molecule has 4 aromatic rings. The van der Waals surface area contributed by atoms with Gasteiger partial charge in [-0.1, -0.05) is 23.5 Å². The van der Waals surface area contributed by atoms with Gasteiger partial charge in [0, 0.05) is 48.0 Å². The average Bonchev–Trinajstić information content (AvgIpc) is 3.29. The first-order valence-electron chi connectivity index (χ1n) is 11.8. The summed E-state index contributed by atoms with van der Waals surface area (Å²) in [4.78, 5) is 31.8. The van der Waals surface area contributed by atoms with Crippen LogP contribution < -0.4 is 16.0 Å². The number of anilines is 3. The highest BCUT2D eigenvalue weighted by Crippen LogP contribution is 2.42. The maximum absolute atomic E-state index is 13.0. The molecule has 2 saturated heterocycles. The third-order valence-electron chi connectivity index (χ3n) is 7.20. The summed E-state index contributed by atoms with van der Waals surface area (Å²) in [6, 6.07) is 11.6. The summed E-state index contributed by atoms with van der Waals surface area (Å²) in [6.45, 7) is 4.34. The minimum Gasteiger partial charge on any atom is -0.375 e. The molecule has 178 valence electrons. The molecule has 8 nitrogen and oxygen atoms in total. The SMILES string of the molecule is CN1CCC2(CC1)CN(c1cc(C(=O)Nc3cc4cc(-c5cnc(N)s5)ccc4cn3)ccn1)C2. The number of nitrogens with one attached hydrogen (secondary N) is 1. The zero-order valence-electron chi connectivity index (χ0n) is 19.6. The molecule has 5 heterocycles. The lowest BCUT2D eigenvalue weighted by atomic mass is 9.72. The number of nitrogen functional groups attached to an aromatic ring is 1. The Morgan fingerprint density at radius 1 is 1.03 bits per heavy atom. The second-order valence-electron chi connectivity index (χ2n) is 9.71. The number of carbonyl (C=O) groups excluding carboxylic acids is 1. The van der Waals surface area contributed by atoms with Crippen molar-refractivity contribution in [3.05, 3.63) is 60.6 Å². The largest absolute Gasteiger partial charge is 0.375 e. The van der Waals surface area contributed by atoms with Crippen molar-refractivity contribution in [2.75, 3.05) is 49.2 Å². The van der Waals surface area contributed by atoms with Gasteiger partial charge in [0.15, 0.2) is 5.13 Å². The van der Waals surface area contributed by atoms with E-state index in [9.17, 15) is 4.79 Å². The van der Waals surface area contributed by atoms with Gasteiger partial charge in [0.25, 0.3) is 5.91 Å². The Kier molecular flexibility index (Phi) is 5.38. The van der Waals surface area contributed by atoms with Gasteiger partial charge >= 0.3 is 0 Å². The van der Waals surface area contributed by atoms with E-state index in [2.05, 4.69) is 43.2 Å². The van der Waals surface area contributed by atoms with Gasteiger partial charge in [-0.15, -0.1) is 0 Å². The van der Waals surface area contributed by atoms with Gasteiger partial charge in [0.1, 0.15) is 11.6 Å². The van der Waals surface area contributed by atoms with Crippen LogP contribution in [0.4, 0.5) is 16.8 Å². The van der Waals surface area contributed by atoms with Gasteiger partial charge in [-0.2, -0.15) is 0 Å². The molecule has 2 fully saturated rings. The number of nitrogens with zero attached hydrogens (tertiary/aromatic N) is 5. The molecule has 3 aromatic heterocycles. The summed E-state index contributed by atoms with van der Waals surface area (Å²) < 4.78 is 0. The van der Waals surface area contributed by atoms with E-state index < -0.39 is 0 Å². The van der Waals surface area contributed by atoms with E-state index in [0.29, 0.717) is 21.9 Å². The number of nitrogens with two attached hydrogens (primary N) is 1. The number of hydrogen-bond donors (Lipinski definition) is 2. The number of thiazole rings is 1. The molecular weight excluding hydrogens is 458 g/mol. The lowest BCUT2D eigenvalue weighted by Crippen LogP contribution is -2.60. The molecule has 35 heavy (non-hydrogen) atoms. The van der Waals surface area contributed by atoms with Gasteiger partial charge in [0.2, 0.25) is 0 Å². The maximum Gasteiger partial charge on any atom is 0.257 e. The van der Waals surface area contributed by atoms with Gasteiger partial charge < -0.3 is 20.9 Å². The number of fused-ring (bicyclic) bond motifs is 1. The van der Waals surface area contributed by atoms with Crippen LogP contribution in [0.25, 0.3) is 21.2 Å². The minimum absolute atomic E-state index is 0.193. The summed E-state index contributed by atoms with van der Waals surface area (Å²) in [5.74, 6) is 1.18. The normalized spacial score (nSPS) is 17.5. The van der Waals surface area contributed by atoms with Crippen molar-refractivity contribution in [3.63, 3.8) is 0 Å². The smallest absolute Gasteiger partial charge is 0.257 e. The van der Waals surface area contributed by atoms with Crippen molar-refractivity contribution >= 4 is 44.8 Å². The van der Waals surface area contributed by atoms with E-state index in [1.165, 1.54) is 24.2 Å². The topological polar surface area (TPSA) is 100 Å². The van der Waals surface area contributed by atoms with Crippen molar-refractivity contribution in [2.45, 2.75) is 12.8 Å². The number of hydrogen-bond acceptors (Lipinski definition) is 8. The van der Waals surface area contributed by atoms with Crippen LogP contribution in [0.3, 0.4) is 0 Å². The third kappa shape index (κ3) is 4.33. The van der Waals surface area contributed by atoms with Gasteiger partial charge in [-0.25, -0.2) is 15.0 Å². The van der Waals surface area contributed by atoms with E-state index >= 15 is 0 Å². The first kappa shape index (κ1) is 21.9.